The Labute approximate surface area is 213 Å². The van der Waals surface area contributed by atoms with Crippen LogP contribution in [0.15, 0.2) is 29.3 Å². The topological polar surface area (TPSA) is 93.9 Å². The quantitative estimate of drug-likeness (QED) is 0.226. The maximum absolute atomic E-state index is 12.1. The highest BCUT2D eigenvalue weighted by Crippen LogP contribution is 2.19. The molecule has 1 saturated heterocycles. The van der Waals surface area contributed by atoms with Crippen LogP contribution in [0, 0.1) is 12.8 Å². The van der Waals surface area contributed by atoms with Crippen LogP contribution in [0.2, 0.25) is 0 Å². The molecule has 33 heavy (non-hydrogen) atoms. The minimum atomic E-state index is -0.0901. The Balaban J connectivity index is 0.00000385. The maximum Gasteiger partial charge on any atom is 0.309 e. The highest BCUT2D eigenvalue weighted by Gasteiger charge is 2.27. The fourth-order valence-corrected chi connectivity index (χ4v) is 3.70. The van der Waals surface area contributed by atoms with Gasteiger partial charge in [-0.2, -0.15) is 0 Å². The van der Waals surface area contributed by atoms with Gasteiger partial charge < -0.3 is 24.3 Å². The Morgan fingerprint density at radius 3 is 2.48 bits per heavy atom. The van der Waals surface area contributed by atoms with Crippen molar-refractivity contribution in [3.63, 3.8) is 0 Å². The number of nitrogens with one attached hydrogen (secondary N) is 1. The number of rotatable bonds is 8. The summed E-state index contributed by atoms with van der Waals surface area (Å²) >= 11 is 0. The number of guanidine groups is 1. The summed E-state index contributed by atoms with van der Waals surface area (Å²) in [4.78, 5) is 19.1. The average molecular weight is 570 g/mol. The number of halogens is 1. The van der Waals surface area contributed by atoms with Crippen LogP contribution in [-0.4, -0.2) is 64.9 Å². The fraction of sp³-hybridized carbons (Fsp3) is 0.565. The van der Waals surface area contributed by atoms with E-state index >= 15 is 0 Å². The molecule has 0 amide bonds. The molecule has 9 nitrogen and oxygen atoms in total. The molecule has 0 spiro atoms. The molecule has 1 aromatic carbocycles. The molecule has 0 aliphatic carbocycles. The second kappa shape index (κ2) is 13.4. The zero-order valence-corrected chi connectivity index (χ0v) is 22.2. The van der Waals surface area contributed by atoms with Crippen molar-refractivity contribution in [1.82, 2.24) is 25.0 Å². The number of likely N-dealkylation sites (tertiary alicyclic amines) is 1. The number of carbonyl (C=O) groups is 1. The second-order valence-electron chi connectivity index (χ2n) is 7.90. The van der Waals surface area contributed by atoms with Crippen molar-refractivity contribution in [3.8, 4) is 5.75 Å². The van der Waals surface area contributed by atoms with E-state index in [2.05, 4.69) is 32.5 Å². The standard InChI is InChI=1S/C23H34N6O3.HI/c1-5-32-22(30)19-11-14-29(15-12-19)23(25-16-21-27-26-17(2)28(21)3)24-13-10-18-6-8-20(31-4)9-7-18;/h6-9,19H,5,10-16H2,1-4H3,(H,24,25);1H. The van der Waals surface area contributed by atoms with Crippen molar-refractivity contribution in [3.05, 3.63) is 41.5 Å². The van der Waals surface area contributed by atoms with Crippen LogP contribution in [-0.2, 0) is 29.5 Å². The molecule has 1 aliphatic rings. The van der Waals surface area contributed by atoms with Crippen molar-refractivity contribution >= 4 is 35.9 Å². The number of esters is 1. The average Bonchev–Trinajstić information content (AvgIpc) is 3.14. The lowest BCUT2D eigenvalue weighted by Gasteiger charge is -2.33. The number of aromatic nitrogens is 3. The number of methoxy groups -OCH3 is 1. The summed E-state index contributed by atoms with van der Waals surface area (Å²) in [5.41, 5.74) is 1.22. The number of aliphatic imine (C=N–C) groups is 1. The van der Waals surface area contributed by atoms with Crippen molar-refractivity contribution in [2.45, 2.75) is 39.7 Å². The first kappa shape index (κ1) is 26.9. The fourth-order valence-electron chi connectivity index (χ4n) is 3.70. The summed E-state index contributed by atoms with van der Waals surface area (Å²) in [5.74, 6) is 3.24. The number of benzene rings is 1. The normalized spacial score (nSPS) is 14.5. The third-order valence-electron chi connectivity index (χ3n) is 5.82. The lowest BCUT2D eigenvalue weighted by atomic mass is 9.97. The molecule has 10 heteroatoms. The molecule has 2 aromatic rings. The van der Waals surface area contributed by atoms with E-state index in [0.29, 0.717) is 13.2 Å². The van der Waals surface area contributed by atoms with Gasteiger partial charge in [-0.1, -0.05) is 12.1 Å². The minimum Gasteiger partial charge on any atom is -0.497 e. The van der Waals surface area contributed by atoms with E-state index in [1.165, 1.54) is 5.56 Å². The molecule has 0 bridgehead atoms. The van der Waals surface area contributed by atoms with Crippen LogP contribution in [0.1, 0.15) is 37.0 Å². The Hall–Kier alpha value is -2.37. The molecule has 1 fully saturated rings. The summed E-state index contributed by atoms with van der Waals surface area (Å²) in [5, 5.41) is 11.8. The highest BCUT2D eigenvalue weighted by atomic mass is 127. The van der Waals surface area contributed by atoms with Gasteiger partial charge in [0.15, 0.2) is 11.8 Å². The lowest BCUT2D eigenvalue weighted by molar-refractivity contribution is -0.149. The van der Waals surface area contributed by atoms with E-state index in [1.54, 1.807) is 7.11 Å². The number of piperidine rings is 1. The van der Waals surface area contributed by atoms with Gasteiger partial charge >= 0.3 is 5.97 Å². The number of hydrogen-bond acceptors (Lipinski definition) is 6. The van der Waals surface area contributed by atoms with Crippen molar-refractivity contribution < 1.29 is 14.3 Å². The summed E-state index contributed by atoms with van der Waals surface area (Å²) in [6.07, 6.45) is 2.40. The highest BCUT2D eigenvalue weighted by molar-refractivity contribution is 14.0. The molecule has 182 valence electrons. The predicted octanol–water partition coefficient (Wildman–Crippen LogP) is 2.71. The minimum absolute atomic E-state index is 0. The molecular weight excluding hydrogens is 535 g/mol. The van der Waals surface area contributed by atoms with Gasteiger partial charge in [0, 0.05) is 26.7 Å². The van der Waals surface area contributed by atoms with Gasteiger partial charge in [0.05, 0.1) is 19.6 Å². The SMILES string of the molecule is CCOC(=O)C1CCN(C(=NCc2nnc(C)n2C)NCCc2ccc(OC)cc2)CC1.I. The van der Waals surface area contributed by atoms with Crippen LogP contribution >= 0.6 is 24.0 Å². The molecule has 0 unspecified atom stereocenters. The molecule has 2 heterocycles. The van der Waals surface area contributed by atoms with E-state index in [0.717, 1.165) is 62.3 Å². The van der Waals surface area contributed by atoms with Gasteiger partial charge in [0.2, 0.25) is 0 Å². The smallest absolute Gasteiger partial charge is 0.309 e. The first-order valence-electron chi connectivity index (χ1n) is 11.2. The number of ether oxygens (including phenoxy) is 2. The van der Waals surface area contributed by atoms with Crippen molar-refractivity contribution in [2.24, 2.45) is 18.0 Å². The summed E-state index contributed by atoms with van der Waals surface area (Å²) in [7, 11) is 3.62. The first-order chi connectivity index (χ1) is 15.5. The van der Waals surface area contributed by atoms with Crippen molar-refractivity contribution in [2.75, 3.05) is 33.4 Å². The zero-order chi connectivity index (χ0) is 22.9. The molecule has 0 saturated carbocycles. The summed E-state index contributed by atoms with van der Waals surface area (Å²) < 4.78 is 12.4. The predicted molar refractivity (Wildman–Crippen MR) is 138 cm³/mol. The Bertz CT molecular complexity index is 907. The summed E-state index contributed by atoms with van der Waals surface area (Å²) in [6, 6.07) is 8.09. The molecule has 1 aromatic heterocycles. The van der Waals surface area contributed by atoms with Gasteiger partial charge in [-0.15, -0.1) is 34.2 Å². The first-order valence-corrected chi connectivity index (χ1v) is 11.2. The van der Waals surface area contributed by atoms with Crippen LogP contribution < -0.4 is 10.1 Å². The third kappa shape index (κ3) is 7.58. The molecule has 1 N–H and O–H groups in total. The zero-order valence-electron chi connectivity index (χ0n) is 19.9. The van der Waals surface area contributed by atoms with Gasteiger partial charge in [0.25, 0.3) is 0 Å². The second-order valence-corrected chi connectivity index (χ2v) is 7.90. The van der Waals surface area contributed by atoms with Gasteiger partial charge in [0.1, 0.15) is 18.1 Å². The van der Waals surface area contributed by atoms with E-state index in [-0.39, 0.29) is 35.9 Å². The van der Waals surface area contributed by atoms with E-state index in [4.69, 9.17) is 14.5 Å². The van der Waals surface area contributed by atoms with Crippen LogP contribution in [0.4, 0.5) is 0 Å². The monoisotopic (exact) mass is 570 g/mol. The van der Waals surface area contributed by atoms with Gasteiger partial charge in [-0.25, -0.2) is 4.99 Å². The maximum atomic E-state index is 12.1. The molecule has 0 radical (unpaired) electrons. The Kier molecular flexibility index (Phi) is 10.9. The number of carbonyl (C=O) groups excluding carboxylic acids is 1. The van der Waals surface area contributed by atoms with Crippen LogP contribution in [0.5, 0.6) is 5.75 Å². The molecule has 1 aliphatic heterocycles. The van der Waals surface area contributed by atoms with Crippen LogP contribution in [0.25, 0.3) is 0 Å². The van der Waals surface area contributed by atoms with Crippen LogP contribution in [0.3, 0.4) is 0 Å². The van der Waals surface area contributed by atoms with Crippen molar-refractivity contribution in [1.29, 1.82) is 0 Å². The number of aryl methyl sites for hydroxylation is 1. The van der Waals surface area contributed by atoms with E-state index in [1.807, 2.05) is 37.6 Å². The van der Waals surface area contributed by atoms with E-state index < -0.39 is 0 Å². The number of nitrogens with zero attached hydrogens (tertiary/aromatic N) is 5. The van der Waals surface area contributed by atoms with E-state index in [9.17, 15) is 4.79 Å². The Morgan fingerprint density at radius 2 is 1.91 bits per heavy atom. The molecule has 3 rings (SSSR count). The Morgan fingerprint density at radius 1 is 1.21 bits per heavy atom. The van der Waals surface area contributed by atoms with Gasteiger partial charge in [-0.3, -0.25) is 4.79 Å². The third-order valence-corrected chi connectivity index (χ3v) is 5.82. The largest absolute Gasteiger partial charge is 0.497 e. The molecular formula is C23H35IN6O3. The molecule has 0 atom stereocenters. The number of hydrogen-bond donors (Lipinski definition) is 1. The summed E-state index contributed by atoms with van der Waals surface area (Å²) in [6.45, 7) is 6.91. The lowest BCUT2D eigenvalue weighted by Crippen LogP contribution is -2.47. The van der Waals surface area contributed by atoms with Gasteiger partial charge in [-0.05, 0) is 50.8 Å².